The van der Waals surface area contributed by atoms with Crippen LogP contribution in [-0.4, -0.2) is 67.8 Å². The van der Waals surface area contributed by atoms with Crippen LogP contribution < -0.4 is 10.6 Å². The molecule has 8 heteroatoms. The van der Waals surface area contributed by atoms with Gasteiger partial charge in [-0.1, -0.05) is 55.5 Å². The minimum absolute atomic E-state index is 0.00606. The Balaban J connectivity index is 1.39. The molecule has 0 saturated carbocycles. The largest absolute Gasteiger partial charge is 0.480 e. The lowest BCUT2D eigenvalue weighted by molar-refractivity contribution is -0.142. The molecule has 0 bridgehead atoms. The van der Waals surface area contributed by atoms with Gasteiger partial charge >= 0.3 is 12.1 Å². The van der Waals surface area contributed by atoms with Crippen LogP contribution in [0.5, 0.6) is 0 Å². The van der Waals surface area contributed by atoms with E-state index in [9.17, 15) is 19.5 Å². The number of fused-ring (bicyclic) bond motifs is 3. The molecule has 0 saturated heterocycles. The first kappa shape index (κ1) is 26.2. The summed E-state index contributed by atoms with van der Waals surface area (Å²) in [6, 6.07) is 15.4. The maximum Gasteiger partial charge on any atom is 0.407 e. The fraction of sp³-hybridized carbons (Fsp3) is 0.444. The molecule has 1 aliphatic carbocycles. The Bertz CT molecular complexity index is 993. The van der Waals surface area contributed by atoms with Crippen molar-refractivity contribution in [3.8, 4) is 11.1 Å². The molecule has 1 aliphatic rings. The minimum Gasteiger partial charge on any atom is -0.480 e. The number of nitrogens with one attached hydrogen (secondary N) is 2. The summed E-state index contributed by atoms with van der Waals surface area (Å²) in [6.45, 7) is 2.95. The molecule has 3 rings (SSSR count). The third-order valence-corrected chi connectivity index (χ3v) is 6.35. The number of hydrogen-bond donors (Lipinski definition) is 3. The molecule has 2 aromatic rings. The molecule has 2 atom stereocenters. The molecule has 0 radical (unpaired) electrons. The molecular formula is C27H35N3O5. The zero-order valence-electron chi connectivity index (χ0n) is 20.6. The van der Waals surface area contributed by atoms with Gasteiger partial charge in [-0.15, -0.1) is 0 Å². The maximum absolute atomic E-state index is 12.4. The molecule has 0 spiro atoms. The van der Waals surface area contributed by atoms with Gasteiger partial charge in [0.05, 0.1) is 0 Å². The predicted octanol–water partition coefficient (Wildman–Crippen LogP) is 3.46. The number of amides is 2. The molecule has 8 nitrogen and oxygen atoms in total. The Labute approximate surface area is 206 Å². The van der Waals surface area contributed by atoms with Gasteiger partial charge in [0.15, 0.2) is 0 Å². The van der Waals surface area contributed by atoms with Crippen LogP contribution in [0.25, 0.3) is 11.1 Å². The van der Waals surface area contributed by atoms with Gasteiger partial charge in [0.2, 0.25) is 5.91 Å². The molecule has 0 aliphatic heterocycles. The van der Waals surface area contributed by atoms with E-state index >= 15 is 0 Å². The summed E-state index contributed by atoms with van der Waals surface area (Å²) in [5.74, 6) is -1.69. The number of carboxylic acids is 1. The summed E-state index contributed by atoms with van der Waals surface area (Å²) in [5, 5.41) is 14.7. The van der Waals surface area contributed by atoms with E-state index in [2.05, 4.69) is 34.9 Å². The van der Waals surface area contributed by atoms with Crippen LogP contribution in [0.2, 0.25) is 0 Å². The molecule has 0 fully saturated rings. The second-order valence-corrected chi connectivity index (χ2v) is 9.29. The Morgan fingerprint density at radius 3 is 2.17 bits per heavy atom. The Kier molecular flexibility index (Phi) is 9.25. The first-order valence-electron chi connectivity index (χ1n) is 12.0. The molecule has 188 valence electrons. The molecular weight excluding hydrogens is 446 g/mol. The van der Waals surface area contributed by atoms with Crippen molar-refractivity contribution in [1.82, 2.24) is 15.5 Å². The number of hydrogen-bond acceptors (Lipinski definition) is 5. The Hall–Kier alpha value is -3.39. The lowest BCUT2D eigenvalue weighted by Gasteiger charge is -2.19. The van der Waals surface area contributed by atoms with E-state index in [1.54, 1.807) is 6.92 Å². The van der Waals surface area contributed by atoms with Gasteiger partial charge in [-0.05, 0) is 55.6 Å². The molecule has 3 N–H and O–H groups in total. The number of benzene rings is 2. The number of alkyl carbamates (subject to hydrolysis) is 1. The normalized spacial score (nSPS) is 14.1. The molecule has 0 heterocycles. The highest BCUT2D eigenvalue weighted by Gasteiger charge is 2.29. The van der Waals surface area contributed by atoms with E-state index in [4.69, 9.17) is 4.74 Å². The van der Waals surface area contributed by atoms with Crippen LogP contribution in [0.3, 0.4) is 0 Å². The highest BCUT2D eigenvalue weighted by atomic mass is 16.5. The standard InChI is InChI=1S/C27H35N3O5/c1-18(25(31)29-24(26(32)33)14-16-30(2)3)9-8-15-28-27(34)35-17-23-21-12-6-4-10-19(21)20-11-5-7-13-22(20)23/h4-7,10-13,18,23-24H,8-9,14-17H2,1-3H3,(H,28,34)(H,29,31)(H,32,33). The molecule has 35 heavy (non-hydrogen) atoms. The van der Waals surface area contributed by atoms with Crippen molar-refractivity contribution in [2.75, 3.05) is 33.8 Å². The van der Waals surface area contributed by atoms with Crippen LogP contribution in [0, 0.1) is 5.92 Å². The molecule has 2 unspecified atom stereocenters. The highest BCUT2D eigenvalue weighted by molar-refractivity contribution is 5.84. The smallest absolute Gasteiger partial charge is 0.407 e. The quantitative estimate of drug-likeness (QED) is 0.401. The third-order valence-electron chi connectivity index (χ3n) is 6.35. The Morgan fingerprint density at radius 2 is 1.60 bits per heavy atom. The van der Waals surface area contributed by atoms with E-state index in [0.29, 0.717) is 32.4 Å². The minimum atomic E-state index is -1.04. The van der Waals surface area contributed by atoms with Gasteiger partial charge in [0, 0.05) is 24.9 Å². The van der Waals surface area contributed by atoms with Gasteiger partial charge in [-0.3, -0.25) is 4.79 Å². The van der Waals surface area contributed by atoms with E-state index in [1.807, 2.05) is 43.3 Å². The number of carbonyl (C=O) groups excluding carboxylic acids is 2. The number of ether oxygens (including phenoxy) is 1. The number of aliphatic carboxylic acids is 1. The number of nitrogens with zero attached hydrogens (tertiary/aromatic N) is 1. The second-order valence-electron chi connectivity index (χ2n) is 9.29. The van der Waals surface area contributed by atoms with E-state index < -0.39 is 18.1 Å². The van der Waals surface area contributed by atoms with Gasteiger partial charge in [-0.2, -0.15) is 0 Å². The SMILES string of the molecule is CC(CCCNC(=O)OCC1c2ccccc2-c2ccccc21)C(=O)NC(CCN(C)C)C(=O)O. The topological polar surface area (TPSA) is 108 Å². The number of carbonyl (C=O) groups is 3. The first-order chi connectivity index (χ1) is 16.8. The van der Waals surface area contributed by atoms with Crippen molar-refractivity contribution in [3.05, 3.63) is 59.7 Å². The summed E-state index contributed by atoms with van der Waals surface area (Å²) < 4.78 is 5.52. The van der Waals surface area contributed by atoms with Crippen LogP contribution in [-0.2, 0) is 14.3 Å². The van der Waals surface area contributed by atoms with Crippen molar-refractivity contribution in [1.29, 1.82) is 0 Å². The zero-order valence-corrected chi connectivity index (χ0v) is 20.6. The van der Waals surface area contributed by atoms with Crippen LogP contribution >= 0.6 is 0 Å². The van der Waals surface area contributed by atoms with Crippen molar-refractivity contribution in [2.45, 2.75) is 38.1 Å². The van der Waals surface area contributed by atoms with E-state index in [0.717, 1.165) is 11.1 Å². The lowest BCUT2D eigenvalue weighted by atomic mass is 9.98. The monoisotopic (exact) mass is 481 g/mol. The van der Waals surface area contributed by atoms with Crippen molar-refractivity contribution in [2.24, 2.45) is 5.92 Å². The van der Waals surface area contributed by atoms with Gasteiger partial charge < -0.3 is 25.4 Å². The fourth-order valence-corrected chi connectivity index (χ4v) is 4.34. The van der Waals surface area contributed by atoms with Crippen LogP contribution in [0.4, 0.5) is 4.79 Å². The summed E-state index contributed by atoms with van der Waals surface area (Å²) in [4.78, 5) is 37.9. The fourth-order valence-electron chi connectivity index (χ4n) is 4.34. The third kappa shape index (κ3) is 7.05. The summed E-state index contributed by atoms with van der Waals surface area (Å²) >= 11 is 0. The molecule has 2 aromatic carbocycles. The maximum atomic E-state index is 12.4. The predicted molar refractivity (Wildman–Crippen MR) is 134 cm³/mol. The second kappa shape index (κ2) is 12.4. The van der Waals surface area contributed by atoms with Crippen LogP contribution in [0.1, 0.15) is 43.2 Å². The average molecular weight is 482 g/mol. The van der Waals surface area contributed by atoms with Gasteiger partial charge in [0.25, 0.3) is 0 Å². The number of rotatable bonds is 12. The summed E-state index contributed by atoms with van der Waals surface area (Å²) in [6.07, 6.45) is 0.951. The van der Waals surface area contributed by atoms with E-state index in [1.165, 1.54) is 11.1 Å². The van der Waals surface area contributed by atoms with Crippen molar-refractivity contribution in [3.63, 3.8) is 0 Å². The first-order valence-corrected chi connectivity index (χ1v) is 12.0. The average Bonchev–Trinajstić information content (AvgIpc) is 3.16. The zero-order chi connectivity index (χ0) is 25.4. The summed E-state index contributed by atoms with van der Waals surface area (Å²) in [5.41, 5.74) is 4.67. The lowest BCUT2D eigenvalue weighted by Crippen LogP contribution is -2.44. The molecule has 2 amide bonds. The summed E-state index contributed by atoms with van der Waals surface area (Å²) in [7, 11) is 3.71. The van der Waals surface area contributed by atoms with Crippen molar-refractivity contribution >= 4 is 18.0 Å². The van der Waals surface area contributed by atoms with Gasteiger partial charge in [-0.25, -0.2) is 9.59 Å². The Morgan fingerprint density at radius 1 is 1.00 bits per heavy atom. The van der Waals surface area contributed by atoms with Crippen molar-refractivity contribution < 1.29 is 24.2 Å². The number of carboxylic acid groups (broad SMARTS) is 1. The van der Waals surface area contributed by atoms with E-state index in [-0.39, 0.29) is 24.3 Å². The highest BCUT2D eigenvalue weighted by Crippen LogP contribution is 2.44. The molecule has 0 aromatic heterocycles. The van der Waals surface area contributed by atoms with Gasteiger partial charge in [0.1, 0.15) is 12.6 Å². The van der Waals surface area contributed by atoms with Crippen LogP contribution in [0.15, 0.2) is 48.5 Å².